The van der Waals surface area contributed by atoms with Gasteiger partial charge in [0.25, 0.3) is 0 Å². The van der Waals surface area contributed by atoms with Crippen LogP contribution in [-0.4, -0.2) is 12.1 Å². The second-order valence-corrected chi connectivity index (χ2v) is 7.12. The summed E-state index contributed by atoms with van der Waals surface area (Å²) in [5.41, 5.74) is 1.11. The van der Waals surface area contributed by atoms with Crippen LogP contribution >= 0.6 is 0 Å². The lowest BCUT2D eigenvalue weighted by Gasteiger charge is -2.36. The molecule has 0 radical (unpaired) electrons. The molecule has 2 bridgehead atoms. The second kappa shape index (κ2) is 7.68. The molecule has 1 aromatic carbocycles. The molecule has 2 heterocycles. The summed E-state index contributed by atoms with van der Waals surface area (Å²) in [6.07, 6.45) is 11.0. The largest absolute Gasteiger partial charge is 0.307 e. The van der Waals surface area contributed by atoms with Gasteiger partial charge in [-0.2, -0.15) is 10.5 Å². The first kappa shape index (κ1) is 17.5. The molecule has 1 N–H and O–H groups in total. The van der Waals surface area contributed by atoms with Crippen molar-refractivity contribution in [1.82, 2.24) is 5.32 Å². The highest BCUT2D eigenvalue weighted by molar-refractivity contribution is 5.50. The number of allylic oxidation sites excluding steroid dienone is 1. The number of hydrogen-bond acceptors (Lipinski definition) is 3. The third-order valence-electron chi connectivity index (χ3n) is 5.49. The number of rotatable bonds is 6. The quantitative estimate of drug-likeness (QED) is 0.775. The standard InChI is InChI=1S/C22H25N3/c1-2-7-19-20(14-18-11-12-21(19)25-18)22(15-23,16-24)13-6-10-17-8-4-3-5-9-17/h3-6,8-10,14,18-19,21,25H,2,7,11-13H2,1H3/b10-6+/t18-,19-,21+/m1/s1. The Morgan fingerprint density at radius 3 is 2.64 bits per heavy atom. The van der Waals surface area contributed by atoms with Crippen molar-refractivity contribution in [2.75, 3.05) is 0 Å². The normalized spacial score (nSPS) is 25.4. The molecule has 0 unspecified atom stereocenters. The van der Waals surface area contributed by atoms with Crippen LogP contribution in [0.2, 0.25) is 0 Å². The molecule has 1 aromatic rings. The Kier molecular flexibility index (Phi) is 5.37. The molecule has 0 amide bonds. The summed E-state index contributed by atoms with van der Waals surface area (Å²) in [5, 5.41) is 23.5. The van der Waals surface area contributed by atoms with E-state index in [9.17, 15) is 10.5 Å². The molecular formula is C22H25N3. The fourth-order valence-electron chi connectivity index (χ4n) is 4.23. The van der Waals surface area contributed by atoms with Gasteiger partial charge in [-0.25, -0.2) is 0 Å². The van der Waals surface area contributed by atoms with Crippen LogP contribution in [0, 0.1) is 34.0 Å². The SMILES string of the molecule is CCC[C@@H]1C(C(C#N)(C#N)C/C=C/c2ccccc2)=C[C@H]2CC[C@@H]1N2. The molecule has 0 spiro atoms. The van der Waals surface area contributed by atoms with Crippen LogP contribution in [0.25, 0.3) is 6.08 Å². The Hall–Kier alpha value is -2.36. The lowest BCUT2D eigenvalue weighted by molar-refractivity contribution is 0.347. The molecule has 3 atom stereocenters. The Morgan fingerprint density at radius 2 is 1.96 bits per heavy atom. The van der Waals surface area contributed by atoms with Gasteiger partial charge in [0.2, 0.25) is 0 Å². The highest BCUT2D eigenvalue weighted by atomic mass is 15.0. The molecule has 2 aliphatic rings. The van der Waals surface area contributed by atoms with Crippen LogP contribution in [-0.2, 0) is 0 Å². The summed E-state index contributed by atoms with van der Waals surface area (Å²) in [6.45, 7) is 2.17. The molecule has 25 heavy (non-hydrogen) atoms. The number of nitriles is 2. The van der Waals surface area contributed by atoms with E-state index < -0.39 is 5.41 Å². The average molecular weight is 331 g/mol. The number of fused-ring (bicyclic) bond motifs is 2. The van der Waals surface area contributed by atoms with E-state index in [1.165, 1.54) is 0 Å². The topological polar surface area (TPSA) is 59.6 Å². The van der Waals surface area contributed by atoms with E-state index in [1.807, 2.05) is 42.5 Å². The first-order valence-electron chi connectivity index (χ1n) is 9.24. The van der Waals surface area contributed by atoms with E-state index in [0.29, 0.717) is 24.4 Å². The number of nitrogens with zero attached hydrogens (tertiary/aromatic N) is 2. The summed E-state index contributed by atoms with van der Waals surface area (Å²) >= 11 is 0. The van der Waals surface area contributed by atoms with E-state index in [-0.39, 0.29) is 0 Å². The number of benzene rings is 1. The van der Waals surface area contributed by atoms with Gasteiger partial charge in [0.15, 0.2) is 5.41 Å². The monoisotopic (exact) mass is 331 g/mol. The summed E-state index contributed by atoms with van der Waals surface area (Å²) in [5.74, 6) is 0.299. The van der Waals surface area contributed by atoms with Gasteiger partial charge in [-0.3, -0.25) is 0 Å². The van der Waals surface area contributed by atoms with Crippen molar-refractivity contribution in [3.63, 3.8) is 0 Å². The molecule has 3 nitrogen and oxygen atoms in total. The van der Waals surface area contributed by atoms with Crippen LogP contribution in [0.15, 0.2) is 48.1 Å². The highest BCUT2D eigenvalue weighted by Crippen LogP contribution is 2.44. The molecule has 3 heteroatoms. The van der Waals surface area contributed by atoms with Crippen molar-refractivity contribution in [3.05, 3.63) is 53.6 Å². The lowest BCUT2D eigenvalue weighted by Crippen LogP contribution is -2.43. The number of hydrogen-bond donors (Lipinski definition) is 1. The van der Waals surface area contributed by atoms with Gasteiger partial charge in [0.05, 0.1) is 12.1 Å². The van der Waals surface area contributed by atoms with Crippen molar-refractivity contribution in [2.24, 2.45) is 11.3 Å². The van der Waals surface area contributed by atoms with E-state index in [1.54, 1.807) is 0 Å². The smallest absolute Gasteiger partial charge is 0.168 e. The van der Waals surface area contributed by atoms with E-state index in [0.717, 1.165) is 36.8 Å². The summed E-state index contributed by atoms with van der Waals surface area (Å²) < 4.78 is 0. The average Bonchev–Trinajstić information content (AvgIpc) is 3.05. The lowest BCUT2D eigenvalue weighted by atomic mass is 9.69. The van der Waals surface area contributed by atoms with E-state index in [4.69, 9.17) is 0 Å². The molecule has 128 valence electrons. The maximum atomic E-state index is 9.94. The van der Waals surface area contributed by atoms with Crippen LogP contribution < -0.4 is 5.32 Å². The minimum absolute atomic E-state index is 0.299. The van der Waals surface area contributed by atoms with Crippen LogP contribution in [0.3, 0.4) is 0 Å². The van der Waals surface area contributed by atoms with Gasteiger partial charge in [0.1, 0.15) is 0 Å². The zero-order valence-corrected chi connectivity index (χ0v) is 14.8. The fourth-order valence-corrected chi connectivity index (χ4v) is 4.23. The van der Waals surface area contributed by atoms with E-state index >= 15 is 0 Å². The predicted molar refractivity (Wildman–Crippen MR) is 100 cm³/mol. The number of nitrogens with one attached hydrogen (secondary N) is 1. The van der Waals surface area contributed by atoms with Crippen LogP contribution in [0.4, 0.5) is 0 Å². The molecule has 1 fully saturated rings. The Morgan fingerprint density at radius 1 is 1.20 bits per heavy atom. The maximum Gasteiger partial charge on any atom is 0.168 e. The minimum atomic E-state index is -1.05. The van der Waals surface area contributed by atoms with Crippen molar-refractivity contribution in [3.8, 4) is 12.1 Å². The third-order valence-corrected chi connectivity index (χ3v) is 5.49. The van der Waals surface area contributed by atoms with Gasteiger partial charge in [-0.1, -0.05) is 61.9 Å². The zero-order valence-electron chi connectivity index (χ0n) is 14.8. The fraction of sp³-hybridized carbons (Fsp3) is 0.455. The third kappa shape index (κ3) is 3.53. The molecule has 3 rings (SSSR count). The molecular weight excluding hydrogens is 306 g/mol. The Balaban J connectivity index is 1.87. The Labute approximate surface area is 150 Å². The molecule has 0 saturated carbocycles. The Bertz CT molecular complexity index is 719. The molecule has 0 aliphatic carbocycles. The van der Waals surface area contributed by atoms with Crippen LogP contribution in [0.5, 0.6) is 0 Å². The van der Waals surface area contributed by atoms with Crippen molar-refractivity contribution < 1.29 is 0 Å². The zero-order chi connectivity index (χ0) is 17.7. The highest BCUT2D eigenvalue weighted by Gasteiger charge is 2.45. The van der Waals surface area contributed by atoms with Gasteiger partial charge in [0, 0.05) is 18.5 Å². The van der Waals surface area contributed by atoms with Crippen molar-refractivity contribution in [2.45, 2.75) is 51.1 Å². The second-order valence-electron chi connectivity index (χ2n) is 7.12. The summed E-state index contributed by atoms with van der Waals surface area (Å²) in [7, 11) is 0. The van der Waals surface area contributed by atoms with E-state index in [2.05, 4.69) is 30.5 Å². The minimum Gasteiger partial charge on any atom is -0.307 e. The van der Waals surface area contributed by atoms with Gasteiger partial charge in [-0.05, 0) is 36.3 Å². The predicted octanol–water partition coefficient (Wildman–Crippen LogP) is 4.60. The van der Waals surface area contributed by atoms with Gasteiger partial charge < -0.3 is 5.32 Å². The van der Waals surface area contributed by atoms with Gasteiger partial charge in [-0.15, -0.1) is 0 Å². The summed E-state index contributed by atoms with van der Waals surface area (Å²) in [4.78, 5) is 0. The van der Waals surface area contributed by atoms with Crippen LogP contribution in [0.1, 0.15) is 44.6 Å². The van der Waals surface area contributed by atoms with Crippen molar-refractivity contribution in [1.29, 1.82) is 10.5 Å². The molecule has 2 aliphatic heterocycles. The van der Waals surface area contributed by atoms with Gasteiger partial charge >= 0.3 is 0 Å². The summed E-state index contributed by atoms with van der Waals surface area (Å²) in [6, 6.07) is 15.5. The molecule has 0 aromatic heterocycles. The maximum absolute atomic E-state index is 9.94. The first-order chi connectivity index (χ1) is 12.2. The van der Waals surface area contributed by atoms with Crippen molar-refractivity contribution >= 4 is 6.08 Å². The first-order valence-corrected chi connectivity index (χ1v) is 9.24. The molecule has 1 saturated heterocycles.